The Labute approximate surface area is 204 Å². The lowest BCUT2D eigenvalue weighted by atomic mass is 10.1. The molecular weight excluding hydrogens is 472 g/mol. The third-order valence-electron chi connectivity index (χ3n) is 6.41. The molecule has 13 heteroatoms. The lowest BCUT2D eigenvalue weighted by molar-refractivity contribution is 0.0729. The van der Waals surface area contributed by atoms with Crippen LogP contribution in [0.3, 0.4) is 0 Å². The Balaban J connectivity index is 1.22. The largest absolute Gasteiger partial charge is 0.389 e. The molecule has 0 radical (unpaired) electrons. The van der Waals surface area contributed by atoms with Gasteiger partial charge in [0.05, 0.1) is 23.9 Å². The van der Waals surface area contributed by atoms with Crippen molar-refractivity contribution >= 4 is 34.2 Å². The maximum absolute atomic E-state index is 14.1. The van der Waals surface area contributed by atoms with E-state index in [2.05, 4.69) is 25.0 Å². The number of aryl methyl sites for hydroxylation is 1. The molecule has 1 aliphatic heterocycles. The summed E-state index contributed by atoms with van der Waals surface area (Å²) in [4.78, 5) is 33.3. The van der Waals surface area contributed by atoms with Crippen molar-refractivity contribution in [3.63, 3.8) is 0 Å². The molecule has 0 spiro atoms. The number of halogens is 2. The molecule has 4 aromatic rings. The highest BCUT2D eigenvalue weighted by Gasteiger charge is 2.26. The molecule has 1 aliphatic rings. The van der Waals surface area contributed by atoms with Crippen molar-refractivity contribution in [3.8, 4) is 0 Å². The van der Waals surface area contributed by atoms with E-state index in [1.54, 1.807) is 11.9 Å². The molecule has 0 aliphatic carbocycles. The summed E-state index contributed by atoms with van der Waals surface area (Å²) in [5, 5.41) is 13.9. The van der Waals surface area contributed by atoms with Crippen molar-refractivity contribution in [3.05, 3.63) is 47.7 Å². The second kappa shape index (κ2) is 9.22. The maximum Gasteiger partial charge on any atom is 0.274 e. The number of benzene rings is 1. The van der Waals surface area contributed by atoms with E-state index < -0.39 is 11.6 Å². The second-order valence-electron chi connectivity index (χ2n) is 8.99. The molecule has 3 aromatic heterocycles. The smallest absolute Gasteiger partial charge is 0.274 e. The number of nitrogen functional groups attached to an aromatic ring is 1. The summed E-state index contributed by atoms with van der Waals surface area (Å²) < 4.78 is 29.2. The van der Waals surface area contributed by atoms with Crippen molar-refractivity contribution in [1.82, 2.24) is 34.4 Å². The van der Waals surface area contributed by atoms with E-state index in [0.29, 0.717) is 44.0 Å². The van der Waals surface area contributed by atoms with Crippen molar-refractivity contribution in [2.24, 2.45) is 0 Å². The number of carbonyl (C=O) groups is 1. The number of nitrogens with two attached hydrogens (primary N) is 1. The number of rotatable bonds is 7. The maximum atomic E-state index is 14.1. The number of hydrogen-bond donors (Lipinski definition) is 2. The number of aliphatic hydroxyl groups excluding tert-OH is 1. The Morgan fingerprint density at radius 2 is 2.03 bits per heavy atom. The average molecular weight is 498 g/mol. The minimum Gasteiger partial charge on any atom is -0.389 e. The molecule has 36 heavy (non-hydrogen) atoms. The highest BCUT2D eigenvalue weighted by Crippen LogP contribution is 2.24. The van der Waals surface area contributed by atoms with E-state index in [4.69, 9.17) is 5.73 Å². The topological polar surface area (TPSA) is 139 Å². The molecule has 1 aromatic carbocycles. The quantitative estimate of drug-likeness (QED) is 0.390. The highest BCUT2D eigenvalue weighted by atomic mass is 19.1. The fourth-order valence-corrected chi connectivity index (χ4v) is 4.17. The molecule has 0 bridgehead atoms. The Hall–Kier alpha value is -4.00. The van der Waals surface area contributed by atoms with Gasteiger partial charge in [0, 0.05) is 38.7 Å². The van der Waals surface area contributed by atoms with Crippen LogP contribution < -0.4 is 10.6 Å². The first-order valence-corrected chi connectivity index (χ1v) is 11.5. The molecule has 11 nitrogen and oxygen atoms in total. The van der Waals surface area contributed by atoms with Gasteiger partial charge in [0.2, 0.25) is 5.95 Å². The van der Waals surface area contributed by atoms with Gasteiger partial charge < -0.3 is 20.6 Å². The van der Waals surface area contributed by atoms with E-state index in [0.717, 1.165) is 12.1 Å². The lowest BCUT2D eigenvalue weighted by Crippen LogP contribution is -2.51. The first kappa shape index (κ1) is 23.7. The van der Waals surface area contributed by atoms with Crippen LogP contribution >= 0.6 is 0 Å². The number of aromatic nitrogens is 6. The van der Waals surface area contributed by atoms with E-state index >= 15 is 0 Å². The fraction of sp³-hybridized carbons (Fsp3) is 0.391. The summed E-state index contributed by atoms with van der Waals surface area (Å²) >= 11 is 0. The number of aliphatic hydroxyl groups is 1. The monoisotopic (exact) mass is 497 g/mol. The van der Waals surface area contributed by atoms with Crippen molar-refractivity contribution in [2.75, 3.05) is 30.8 Å². The first-order chi connectivity index (χ1) is 17.2. The molecule has 1 amide bonds. The molecule has 188 valence electrons. The zero-order chi connectivity index (χ0) is 25.6. The molecule has 1 fully saturated rings. The zero-order valence-corrected chi connectivity index (χ0v) is 19.8. The van der Waals surface area contributed by atoms with Crippen LogP contribution in [-0.2, 0) is 6.42 Å². The second-order valence-corrected chi connectivity index (χ2v) is 8.99. The van der Waals surface area contributed by atoms with Gasteiger partial charge in [-0.2, -0.15) is 4.52 Å². The standard InChI is InChI=1S/C23H25F2N9O2/c1-12(32(2)22(36)17-8-28-19(9-27-17)33-10-14(35)11-33)4-3-5-18-29-21-15-6-13(24)7-16(25)20(15)30-23(26)34(21)31-18/h6-9,12,14,35H,3-5,10-11H2,1-2H3,(H2,26,30)/t12-/m0/s1. The van der Waals surface area contributed by atoms with Crippen LogP contribution in [0.25, 0.3) is 16.6 Å². The number of amides is 1. The van der Waals surface area contributed by atoms with Crippen LogP contribution in [0.2, 0.25) is 0 Å². The SMILES string of the molecule is C[C@@H](CCCc1nc2c3cc(F)cc(F)c3nc(N)n2n1)N(C)C(=O)c1cnc(N2CC(O)C2)cn1. The predicted molar refractivity (Wildman–Crippen MR) is 127 cm³/mol. The van der Waals surface area contributed by atoms with Crippen LogP contribution in [0.1, 0.15) is 36.1 Å². The minimum atomic E-state index is -0.816. The third kappa shape index (κ3) is 4.37. The van der Waals surface area contributed by atoms with Crippen LogP contribution in [-0.4, -0.2) is 77.7 Å². The van der Waals surface area contributed by atoms with Crippen molar-refractivity contribution in [1.29, 1.82) is 0 Å². The molecule has 5 rings (SSSR count). The number of carbonyl (C=O) groups excluding carboxylic acids is 1. The molecule has 1 saturated heterocycles. The number of fused-ring (bicyclic) bond motifs is 3. The average Bonchev–Trinajstić information content (AvgIpc) is 3.27. The van der Waals surface area contributed by atoms with Gasteiger partial charge in [-0.15, -0.1) is 5.10 Å². The Kier molecular flexibility index (Phi) is 6.08. The summed E-state index contributed by atoms with van der Waals surface area (Å²) in [6, 6.07) is 1.81. The molecule has 4 heterocycles. The van der Waals surface area contributed by atoms with Crippen LogP contribution in [0.15, 0.2) is 24.5 Å². The third-order valence-corrected chi connectivity index (χ3v) is 6.41. The summed E-state index contributed by atoms with van der Waals surface area (Å²) in [6.07, 6.45) is 4.42. The number of β-amino-alcohol motifs (C(OH)–C–C–N with tert-alkyl or cyclic N) is 1. The van der Waals surface area contributed by atoms with Crippen LogP contribution in [0, 0.1) is 11.6 Å². The molecule has 0 saturated carbocycles. The van der Waals surface area contributed by atoms with Gasteiger partial charge in [-0.25, -0.2) is 28.7 Å². The zero-order valence-electron chi connectivity index (χ0n) is 19.8. The summed E-state index contributed by atoms with van der Waals surface area (Å²) in [7, 11) is 1.71. The van der Waals surface area contributed by atoms with Gasteiger partial charge in [0.1, 0.15) is 22.8 Å². The van der Waals surface area contributed by atoms with Gasteiger partial charge >= 0.3 is 0 Å². The Morgan fingerprint density at radius 1 is 1.25 bits per heavy atom. The van der Waals surface area contributed by atoms with E-state index in [-0.39, 0.29) is 46.2 Å². The van der Waals surface area contributed by atoms with Gasteiger partial charge in [0.25, 0.3) is 5.91 Å². The van der Waals surface area contributed by atoms with E-state index in [1.807, 2.05) is 11.8 Å². The normalized spacial score (nSPS) is 14.9. The van der Waals surface area contributed by atoms with Crippen LogP contribution in [0.5, 0.6) is 0 Å². The number of nitrogens with zero attached hydrogens (tertiary/aromatic N) is 8. The Morgan fingerprint density at radius 3 is 2.72 bits per heavy atom. The summed E-state index contributed by atoms with van der Waals surface area (Å²) in [5.74, 6) is -0.758. The lowest BCUT2D eigenvalue weighted by Gasteiger charge is -2.36. The van der Waals surface area contributed by atoms with Crippen molar-refractivity contribution < 1.29 is 18.7 Å². The van der Waals surface area contributed by atoms with Crippen molar-refractivity contribution in [2.45, 2.75) is 38.3 Å². The fourth-order valence-electron chi connectivity index (χ4n) is 4.17. The van der Waals surface area contributed by atoms with Crippen LogP contribution in [0.4, 0.5) is 20.5 Å². The number of anilines is 2. The number of hydrogen-bond acceptors (Lipinski definition) is 9. The van der Waals surface area contributed by atoms with Gasteiger partial charge in [-0.05, 0) is 25.8 Å². The molecule has 1 atom stereocenters. The minimum absolute atomic E-state index is 0.0436. The van der Waals surface area contributed by atoms with E-state index in [1.165, 1.54) is 16.9 Å². The predicted octanol–water partition coefficient (Wildman–Crippen LogP) is 1.59. The summed E-state index contributed by atoms with van der Waals surface area (Å²) in [5.41, 5.74) is 6.33. The molecular formula is C23H25F2N9O2. The first-order valence-electron chi connectivity index (χ1n) is 11.5. The molecule has 3 N–H and O–H groups in total. The van der Waals surface area contributed by atoms with Gasteiger partial charge in [0.15, 0.2) is 17.3 Å². The summed E-state index contributed by atoms with van der Waals surface area (Å²) in [6.45, 7) is 2.94. The highest BCUT2D eigenvalue weighted by molar-refractivity contribution is 5.93. The van der Waals surface area contributed by atoms with Gasteiger partial charge in [-0.3, -0.25) is 4.79 Å². The van der Waals surface area contributed by atoms with E-state index in [9.17, 15) is 18.7 Å². The van der Waals surface area contributed by atoms with Gasteiger partial charge in [-0.1, -0.05) is 0 Å². The Bertz CT molecular complexity index is 1440. The molecule has 0 unspecified atom stereocenters.